The zero-order valence-electron chi connectivity index (χ0n) is 17.8. The molecule has 0 aliphatic heterocycles. The highest BCUT2D eigenvalue weighted by molar-refractivity contribution is 5.67. The maximum Gasteiger partial charge on any atom is 0.0394 e. The molecule has 0 saturated carbocycles. The number of aryl methyl sites for hydroxylation is 4. The van der Waals surface area contributed by atoms with Gasteiger partial charge in [0.15, 0.2) is 0 Å². The minimum Gasteiger partial charge on any atom is -0.398 e. The Morgan fingerprint density at radius 2 is 1.00 bits per heavy atom. The molecule has 0 radical (unpaired) electrons. The molecule has 0 aliphatic carbocycles. The van der Waals surface area contributed by atoms with E-state index in [1.54, 1.807) is 0 Å². The number of nitrogen functional groups attached to an aromatic ring is 4. The van der Waals surface area contributed by atoms with Crippen LogP contribution in [-0.4, -0.2) is 0 Å². The largest absolute Gasteiger partial charge is 0.398 e. The maximum atomic E-state index is 6.05. The normalized spacial score (nSPS) is 10.4. The van der Waals surface area contributed by atoms with Crippen LogP contribution in [0.5, 0.6) is 0 Å². The van der Waals surface area contributed by atoms with E-state index in [4.69, 9.17) is 22.9 Å². The van der Waals surface area contributed by atoms with Crippen molar-refractivity contribution in [1.82, 2.24) is 0 Å². The first kappa shape index (κ1) is 22.7. The summed E-state index contributed by atoms with van der Waals surface area (Å²) in [5.74, 6) is 0. The van der Waals surface area contributed by atoms with Crippen molar-refractivity contribution in [3.05, 3.63) is 46.0 Å². The Hall–Kier alpha value is -2.36. The fraction of sp³-hybridized carbons (Fsp3) is 0.478. The summed E-state index contributed by atoms with van der Waals surface area (Å²) in [5.41, 5.74) is 32.7. The van der Waals surface area contributed by atoms with Crippen molar-refractivity contribution in [3.63, 3.8) is 0 Å². The molecule has 0 bridgehead atoms. The van der Waals surface area contributed by atoms with Crippen molar-refractivity contribution in [2.24, 2.45) is 0 Å². The van der Waals surface area contributed by atoms with Gasteiger partial charge >= 0.3 is 0 Å². The molecule has 4 heteroatoms. The van der Waals surface area contributed by atoms with E-state index in [9.17, 15) is 0 Å². The maximum absolute atomic E-state index is 6.05. The monoisotopic (exact) mass is 370 g/mol. The Balaban J connectivity index is 0.000000289. The molecule has 0 aliphatic rings. The van der Waals surface area contributed by atoms with Gasteiger partial charge in [-0.25, -0.2) is 0 Å². The molecule has 2 aromatic rings. The van der Waals surface area contributed by atoms with Crippen molar-refractivity contribution < 1.29 is 0 Å². The fourth-order valence-corrected chi connectivity index (χ4v) is 3.11. The van der Waals surface area contributed by atoms with Crippen LogP contribution < -0.4 is 22.9 Å². The lowest BCUT2D eigenvalue weighted by Crippen LogP contribution is -2.01. The van der Waals surface area contributed by atoms with Crippen LogP contribution in [0.15, 0.2) is 18.2 Å². The number of rotatable bonds is 6. The molecule has 27 heavy (non-hydrogen) atoms. The van der Waals surface area contributed by atoms with Crippen LogP contribution in [0.4, 0.5) is 22.7 Å². The molecule has 8 N–H and O–H groups in total. The molecule has 150 valence electrons. The highest BCUT2D eigenvalue weighted by atomic mass is 14.6. The van der Waals surface area contributed by atoms with Gasteiger partial charge in [0, 0.05) is 22.7 Å². The molecule has 0 spiro atoms. The molecular formula is C23H38N4. The molecule has 0 atom stereocenters. The quantitative estimate of drug-likeness (QED) is 0.517. The van der Waals surface area contributed by atoms with Gasteiger partial charge in [-0.1, -0.05) is 32.8 Å². The second kappa shape index (κ2) is 10.7. The molecule has 0 unspecified atom stereocenters. The Morgan fingerprint density at radius 1 is 0.630 bits per heavy atom. The summed E-state index contributed by atoms with van der Waals surface area (Å²) >= 11 is 0. The topological polar surface area (TPSA) is 104 Å². The molecule has 0 amide bonds. The third-order valence-electron chi connectivity index (χ3n) is 5.09. The van der Waals surface area contributed by atoms with E-state index < -0.39 is 0 Å². The van der Waals surface area contributed by atoms with Crippen LogP contribution in [0.3, 0.4) is 0 Å². The van der Waals surface area contributed by atoms with Crippen LogP contribution in [-0.2, 0) is 12.8 Å². The standard InChI is InChI=1S/C14H24N2.C9H14N2/c1-3-5-7-11-9-14(16)12(8-6-4-2)10-13(11)15;1-5-4-6(2)9(11)7(3)8(5)10/h9-10H,3-8,15-16H2,1-2H3;4H,10-11H2,1-3H3. The molecular weight excluding hydrogens is 332 g/mol. The van der Waals surface area contributed by atoms with Crippen molar-refractivity contribution in [2.45, 2.75) is 73.1 Å². The van der Waals surface area contributed by atoms with Gasteiger partial charge in [-0.3, -0.25) is 0 Å². The predicted octanol–water partition coefficient (Wildman–Crippen LogP) is 5.31. The van der Waals surface area contributed by atoms with E-state index >= 15 is 0 Å². The summed E-state index contributed by atoms with van der Waals surface area (Å²) in [5, 5.41) is 0. The second-order valence-electron chi connectivity index (χ2n) is 7.42. The Bertz CT molecular complexity index is 691. The summed E-state index contributed by atoms with van der Waals surface area (Å²) in [6.45, 7) is 10.3. The minimum absolute atomic E-state index is 0.813. The first-order valence-corrected chi connectivity index (χ1v) is 10.0. The highest BCUT2D eigenvalue weighted by Crippen LogP contribution is 2.26. The van der Waals surface area contributed by atoms with E-state index in [-0.39, 0.29) is 0 Å². The zero-order chi connectivity index (χ0) is 20.6. The van der Waals surface area contributed by atoms with Crippen molar-refractivity contribution >= 4 is 22.7 Å². The zero-order valence-corrected chi connectivity index (χ0v) is 17.8. The van der Waals surface area contributed by atoms with E-state index in [1.165, 1.54) is 36.8 Å². The van der Waals surface area contributed by atoms with Gasteiger partial charge in [0.2, 0.25) is 0 Å². The Morgan fingerprint density at radius 3 is 1.33 bits per heavy atom. The molecule has 0 fully saturated rings. The molecule has 0 heterocycles. The fourth-order valence-electron chi connectivity index (χ4n) is 3.11. The smallest absolute Gasteiger partial charge is 0.0394 e. The average Bonchev–Trinajstić information content (AvgIpc) is 2.64. The van der Waals surface area contributed by atoms with Crippen LogP contribution in [0.2, 0.25) is 0 Å². The molecule has 4 nitrogen and oxygen atoms in total. The van der Waals surface area contributed by atoms with Gasteiger partial charge in [-0.2, -0.15) is 0 Å². The summed E-state index contributed by atoms with van der Waals surface area (Å²) < 4.78 is 0. The van der Waals surface area contributed by atoms with E-state index in [0.29, 0.717) is 0 Å². The van der Waals surface area contributed by atoms with Gasteiger partial charge < -0.3 is 22.9 Å². The van der Waals surface area contributed by atoms with E-state index in [0.717, 1.165) is 52.3 Å². The van der Waals surface area contributed by atoms with Gasteiger partial charge in [0.05, 0.1) is 0 Å². The van der Waals surface area contributed by atoms with Crippen LogP contribution in [0, 0.1) is 20.8 Å². The highest BCUT2D eigenvalue weighted by Gasteiger charge is 2.05. The predicted molar refractivity (Wildman–Crippen MR) is 122 cm³/mol. The molecule has 0 aromatic heterocycles. The molecule has 2 rings (SSSR count). The van der Waals surface area contributed by atoms with Gasteiger partial charge in [-0.15, -0.1) is 0 Å². The summed E-state index contributed by atoms with van der Waals surface area (Å²) in [6.07, 6.45) is 6.82. The van der Waals surface area contributed by atoms with E-state index in [2.05, 4.69) is 26.0 Å². The lowest BCUT2D eigenvalue weighted by molar-refractivity contribution is 0.788. The first-order valence-electron chi connectivity index (χ1n) is 10.0. The van der Waals surface area contributed by atoms with Crippen LogP contribution >= 0.6 is 0 Å². The third kappa shape index (κ3) is 6.38. The van der Waals surface area contributed by atoms with Gasteiger partial charge in [0.25, 0.3) is 0 Å². The second-order valence-corrected chi connectivity index (χ2v) is 7.42. The van der Waals surface area contributed by atoms with Gasteiger partial charge in [-0.05, 0) is 86.4 Å². The SMILES string of the molecule is CCCCc1cc(N)c(CCCC)cc1N.Cc1cc(C)c(N)c(C)c1N. The Labute approximate surface area is 165 Å². The van der Waals surface area contributed by atoms with Crippen LogP contribution in [0.1, 0.15) is 67.3 Å². The average molecular weight is 371 g/mol. The minimum atomic E-state index is 0.813. The number of benzene rings is 2. The Kier molecular flexibility index (Phi) is 8.99. The van der Waals surface area contributed by atoms with Gasteiger partial charge in [0.1, 0.15) is 0 Å². The first-order chi connectivity index (χ1) is 12.7. The number of unbranched alkanes of at least 4 members (excludes halogenated alkanes) is 2. The van der Waals surface area contributed by atoms with Crippen molar-refractivity contribution in [1.29, 1.82) is 0 Å². The number of hydrogen-bond donors (Lipinski definition) is 4. The van der Waals surface area contributed by atoms with E-state index in [1.807, 2.05) is 26.8 Å². The number of hydrogen-bond acceptors (Lipinski definition) is 4. The number of nitrogens with two attached hydrogens (primary N) is 4. The number of anilines is 4. The summed E-state index contributed by atoms with van der Waals surface area (Å²) in [6, 6.07) is 6.14. The summed E-state index contributed by atoms with van der Waals surface area (Å²) in [4.78, 5) is 0. The lowest BCUT2D eigenvalue weighted by Gasteiger charge is -2.11. The van der Waals surface area contributed by atoms with Crippen molar-refractivity contribution in [3.8, 4) is 0 Å². The van der Waals surface area contributed by atoms with Crippen LogP contribution in [0.25, 0.3) is 0 Å². The lowest BCUT2D eigenvalue weighted by atomic mass is 9.99. The molecule has 2 aromatic carbocycles. The third-order valence-corrected chi connectivity index (χ3v) is 5.09. The molecule has 0 saturated heterocycles. The van der Waals surface area contributed by atoms with Crippen molar-refractivity contribution in [2.75, 3.05) is 22.9 Å². The summed E-state index contributed by atoms with van der Waals surface area (Å²) in [7, 11) is 0.